The highest BCUT2D eigenvalue weighted by atomic mass is 16.5. The predicted octanol–water partition coefficient (Wildman–Crippen LogP) is 2.46. The zero-order chi connectivity index (χ0) is 19.0. The molecule has 27 heavy (non-hydrogen) atoms. The smallest absolute Gasteiger partial charge is 0.336 e. The van der Waals surface area contributed by atoms with E-state index in [9.17, 15) is 14.4 Å². The maximum absolute atomic E-state index is 13.2. The molecule has 0 saturated carbocycles. The van der Waals surface area contributed by atoms with E-state index in [-0.39, 0.29) is 18.7 Å². The number of rotatable bonds is 4. The third kappa shape index (κ3) is 2.73. The van der Waals surface area contributed by atoms with E-state index in [0.717, 1.165) is 4.57 Å². The molecular weight excluding hydrogens is 348 g/mol. The number of carbonyl (C=O) groups excluding carboxylic acids is 1. The van der Waals surface area contributed by atoms with Gasteiger partial charge in [0, 0.05) is 5.39 Å². The maximum Gasteiger partial charge on any atom is 0.336 e. The second-order valence-corrected chi connectivity index (χ2v) is 5.93. The first-order valence-electron chi connectivity index (χ1n) is 8.50. The zero-order valence-electron chi connectivity index (χ0n) is 14.5. The van der Waals surface area contributed by atoms with Crippen LogP contribution in [0.2, 0.25) is 0 Å². The molecule has 0 aliphatic carbocycles. The molecule has 0 N–H and O–H groups in total. The predicted molar refractivity (Wildman–Crippen MR) is 100 cm³/mol. The molecule has 4 rings (SSSR count). The van der Waals surface area contributed by atoms with Crippen LogP contribution in [0.15, 0.2) is 68.6 Å². The van der Waals surface area contributed by atoms with Crippen LogP contribution in [0.4, 0.5) is 0 Å². The van der Waals surface area contributed by atoms with Crippen LogP contribution in [0.5, 0.6) is 0 Å². The van der Waals surface area contributed by atoms with Crippen molar-refractivity contribution in [3.05, 3.63) is 75.4 Å². The Kier molecular flexibility index (Phi) is 4.12. The molecule has 0 atom stereocenters. The topological polar surface area (TPSA) is 83.4 Å². The number of fused-ring (bicyclic) bond motifs is 3. The number of ether oxygens (including phenoxy) is 1. The number of benzene rings is 2. The molecule has 0 unspecified atom stereocenters. The number of nitrogens with zero attached hydrogens (tertiary/aromatic N) is 2. The molecule has 136 valence electrons. The summed E-state index contributed by atoms with van der Waals surface area (Å²) >= 11 is 0. The lowest BCUT2D eigenvalue weighted by Crippen LogP contribution is -2.40. The number of para-hydroxylation sites is 2. The van der Waals surface area contributed by atoms with Crippen LogP contribution in [0.25, 0.3) is 27.8 Å². The zero-order valence-corrected chi connectivity index (χ0v) is 14.5. The fourth-order valence-electron chi connectivity index (χ4n) is 3.14. The first kappa shape index (κ1) is 16.8. The van der Waals surface area contributed by atoms with Crippen LogP contribution in [-0.4, -0.2) is 21.7 Å². The summed E-state index contributed by atoms with van der Waals surface area (Å²) in [5.41, 5.74) is -0.0273. The Hall–Kier alpha value is -3.61. The van der Waals surface area contributed by atoms with Crippen LogP contribution in [0.3, 0.4) is 0 Å². The average Bonchev–Trinajstić information content (AvgIpc) is 3.06. The SMILES string of the molecule is CCOC(=O)Cn1c(=O)n(-c2ccccc2)c(=O)c2oc3ccccc3c21. The van der Waals surface area contributed by atoms with Gasteiger partial charge in [-0.25, -0.2) is 9.36 Å². The summed E-state index contributed by atoms with van der Waals surface area (Å²) in [7, 11) is 0. The van der Waals surface area contributed by atoms with Crippen molar-refractivity contribution in [1.29, 1.82) is 0 Å². The summed E-state index contributed by atoms with van der Waals surface area (Å²) in [4.78, 5) is 38.3. The molecule has 0 amide bonds. The van der Waals surface area contributed by atoms with E-state index in [1.54, 1.807) is 61.5 Å². The van der Waals surface area contributed by atoms with Gasteiger partial charge in [-0.2, -0.15) is 0 Å². The van der Waals surface area contributed by atoms with E-state index >= 15 is 0 Å². The summed E-state index contributed by atoms with van der Waals surface area (Å²) in [5.74, 6) is -0.565. The van der Waals surface area contributed by atoms with Crippen molar-refractivity contribution in [3.63, 3.8) is 0 Å². The monoisotopic (exact) mass is 364 g/mol. The van der Waals surface area contributed by atoms with Crippen molar-refractivity contribution >= 4 is 28.0 Å². The highest BCUT2D eigenvalue weighted by Crippen LogP contribution is 2.25. The van der Waals surface area contributed by atoms with Crippen molar-refractivity contribution < 1.29 is 13.9 Å². The quantitative estimate of drug-likeness (QED) is 0.520. The van der Waals surface area contributed by atoms with Gasteiger partial charge in [-0.1, -0.05) is 30.3 Å². The summed E-state index contributed by atoms with van der Waals surface area (Å²) in [6.07, 6.45) is 0. The molecule has 2 heterocycles. The lowest BCUT2D eigenvalue weighted by atomic mass is 10.2. The Balaban J connectivity index is 2.12. The molecular formula is C20H16N2O5. The van der Waals surface area contributed by atoms with Crippen molar-refractivity contribution in [2.24, 2.45) is 0 Å². The van der Waals surface area contributed by atoms with Gasteiger partial charge in [-0.3, -0.25) is 14.2 Å². The van der Waals surface area contributed by atoms with Gasteiger partial charge in [0.1, 0.15) is 17.6 Å². The minimum Gasteiger partial charge on any atom is -0.465 e. The Morgan fingerprint density at radius 1 is 1.04 bits per heavy atom. The number of carbonyl (C=O) groups is 1. The van der Waals surface area contributed by atoms with Crippen molar-refractivity contribution in [2.45, 2.75) is 13.5 Å². The van der Waals surface area contributed by atoms with E-state index in [1.807, 2.05) is 0 Å². The van der Waals surface area contributed by atoms with E-state index in [1.165, 1.54) is 4.57 Å². The molecule has 0 fully saturated rings. The molecule has 0 saturated heterocycles. The van der Waals surface area contributed by atoms with Crippen LogP contribution >= 0.6 is 0 Å². The summed E-state index contributed by atoms with van der Waals surface area (Å²) in [6, 6.07) is 15.5. The van der Waals surface area contributed by atoms with Gasteiger partial charge in [0.2, 0.25) is 5.58 Å². The number of furan rings is 1. The number of esters is 1. The van der Waals surface area contributed by atoms with E-state index in [0.29, 0.717) is 22.2 Å². The van der Waals surface area contributed by atoms with E-state index < -0.39 is 17.2 Å². The molecule has 0 aliphatic rings. The standard InChI is InChI=1S/C20H16N2O5/c1-2-26-16(23)12-21-17-14-10-6-7-11-15(14)27-18(17)19(24)22(20(21)25)13-8-4-3-5-9-13/h3-11H,2,12H2,1H3. The Morgan fingerprint density at radius 2 is 1.74 bits per heavy atom. The number of aromatic nitrogens is 2. The van der Waals surface area contributed by atoms with Crippen molar-refractivity contribution in [2.75, 3.05) is 6.61 Å². The molecule has 0 bridgehead atoms. The molecule has 2 aromatic carbocycles. The Morgan fingerprint density at radius 3 is 2.48 bits per heavy atom. The third-order valence-electron chi connectivity index (χ3n) is 4.27. The highest BCUT2D eigenvalue weighted by Gasteiger charge is 2.22. The molecule has 0 radical (unpaired) electrons. The lowest BCUT2D eigenvalue weighted by molar-refractivity contribution is -0.143. The van der Waals surface area contributed by atoms with Crippen LogP contribution in [0, 0.1) is 0 Å². The second kappa shape index (κ2) is 6.60. The van der Waals surface area contributed by atoms with Gasteiger partial charge in [-0.05, 0) is 31.2 Å². The van der Waals surface area contributed by atoms with Gasteiger partial charge < -0.3 is 9.15 Å². The molecule has 0 aliphatic heterocycles. The van der Waals surface area contributed by atoms with Crippen LogP contribution in [0.1, 0.15) is 6.92 Å². The molecule has 0 spiro atoms. The van der Waals surface area contributed by atoms with Gasteiger partial charge in [0.05, 0.1) is 12.3 Å². The van der Waals surface area contributed by atoms with Gasteiger partial charge in [0.25, 0.3) is 0 Å². The maximum atomic E-state index is 13.2. The molecule has 4 aromatic rings. The molecule has 2 aromatic heterocycles. The molecule has 7 heteroatoms. The average molecular weight is 364 g/mol. The van der Waals surface area contributed by atoms with Gasteiger partial charge in [0.15, 0.2) is 0 Å². The summed E-state index contributed by atoms with van der Waals surface area (Å²) in [6.45, 7) is 1.56. The second-order valence-electron chi connectivity index (χ2n) is 5.93. The van der Waals surface area contributed by atoms with Crippen LogP contribution in [-0.2, 0) is 16.1 Å². The van der Waals surface area contributed by atoms with Gasteiger partial charge in [-0.15, -0.1) is 0 Å². The Labute approximate surface area is 153 Å². The summed E-state index contributed by atoms with van der Waals surface area (Å²) in [5, 5.41) is 0.589. The largest absolute Gasteiger partial charge is 0.465 e. The lowest BCUT2D eigenvalue weighted by Gasteiger charge is -2.11. The van der Waals surface area contributed by atoms with E-state index in [4.69, 9.17) is 9.15 Å². The van der Waals surface area contributed by atoms with Crippen LogP contribution < -0.4 is 11.2 Å². The minimum atomic E-state index is -0.627. The third-order valence-corrected chi connectivity index (χ3v) is 4.27. The normalized spacial score (nSPS) is 11.1. The fourth-order valence-corrected chi connectivity index (χ4v) is 3.14. The van der Waals surface area contributed by atoms with Gasteiger partial charge >= 0.3 is 17.2 Å². The first-order chi connectivity index (χ1) is 13.1. The Bertz CT molecular complexity index is 1260. The number of hydrogen-bond acceptors (Lipinski definition) is 5. The molecule has 7 nitrogen and oxygen atoms in total. The minimum absolute atomic E-state index is 0.0175. The van der Waals surface area contributed by atoms with Crippen molar-refractivity contribution in [1.82, 2.24) is 9.13 Å². The number of hydrogen-bond donors (Lipinski definition) is 0. The van der Waals surface area contributed by atoms with E-state index in [2.05, 4.69) is 0 Å². The summed E-state index contributed by atoms with van der Waals surface area (Å²) < 4.78 is 13.0. The fraction of sp³-hybridized carbons (Fsp3) is 0.150. The van der Waals surface area contributed by atoms with Crippen molar-refractivity contribution in [3.8, 4) is 5.69 Å². The first-order valence-corrected chi connectivity index (χ1v) is 8.50. The highest BCUT2D eigenvalue weighted by molar-refractivity contribution is 6.02.